The third-order valence-corrected chi connectivity index (χ3v) is 11.7. The van der Waals surface area contributed by atoms with Crippen LogP contribution >= 0.6 is 0 Å². The second kappa shape index (κ2) is 20.1. The largest absolute Gasteiger partial charge is 0.392 e. The van der Waals surface area contributed by atoms with Crippen LogP contribution in [0.4, 0.5) is 4.79 Å². The monoisotopic (exact) mass is 767 g/mol. The molecule has 3 aliphatic heterocycles. The Balaban J connectivity index is 1.44. The van der Waals surface area contributed by atoms with Crippen LogP contribution in [0.3, 0.4) is 0 Å². The Bertz CT molecular complexity index is 1490. The van der Waals surface area contributed by atoms with E-state index >= 15 is 0 Å². The van der Waals surface area contributed by atoms with Crippen LogP contribution in [0.25, 0.3) is 0 Å². The van der Waals surface area contributed by atoms with E-state index in [1.807, 2.05) is 71.9 Å². The van der Waals surface area contributed by atoms with E-state index in [4.69, 9.17) is 5.73 Å². The average molecular weight is 768 g/mol. The van der Waals surface area contributed by atoms with Gasteiger partial charge in [-0.3, -0.25) is 24.0 Å². The molecular formula is C41H65N7O7. The maximum absolute atomic E-state index is 14.1. The van der Waals surface area contributed by atoms with Crippen molar-refractivity contribution in [1.29, 1.82) is 0 Å². The summed E-state index contributed by atoms with van der Waals surface area (Å²) in [6, 6.07) is 5.80. The van der Waals surface area contributed by atoms with Gasteiger partial charge in [0.2, 0.25) is 29.5 Å². The second-order valence-corrected chi connectivity index (χ2v) is 16.6. The van der Waals surface area contributed by atoms with Gasteiger partial charge in [-0.15, -0.1) is 0 Å². The molecule has 55 heavy (non-hydrogen) atoms. The van der Waals surface area contributed by atoms with Gasteiger partial charge in [-0.25, -0.2) is 4.79 Å². The number of hydrogen-bond donors (Lipinski definition) is 5. The Labute approximate surface area is 326 Å². The summed E-state index contributed by atoms with van der Waals surface area (Å²) < 4.78 is 0. The molecule has 4 rings (SSSR count). The molecule has 14 heteroatoms. The molecule has 0 saturated carbocycles. The minimum atomic E-state index is -1.06. The fourth-order valence-corrected chi connectivity index (χ4v) is 8.32. The molecule has 8 atom stereocenters. The Morgan fingerprint density at radius 2 is 1.40 bits per heavy atom. The quantitative estimate of drug-likeness (QED) is 0.161. The van der Waals surface area contributed by atoms with Gasteiger partial charge < -0.3 is 41.5 Å². The van der Waals surface area contributed by atoms with Crippen molar-refractivity contribution in [2.75, 3.05) is 19.6 Å². The van der Waals surface area contributed by atoms with E-state index in [2.05, 4.69) is 16.0 Å². The number of urea groups is 1. The Morgan fingerprint density at radius 1 is 0.800 bits per heavy atom. The number of nitrogens with one attached hydrogen (secondary N) is 3. The third-order valence-electron chi connectivity index (χ3n) is 11.7. The van der Waals surface area contributed by atoms with Crippen molar-refractivity contribution in [3.8, 4) is 0 Å². The molecule has 1 aromatic carbocycles. The first-order valence-corrected chi connectivity index (χ1v) is 20.4. The van der Waals surface area contributed by atoms with E-state index in [1.54, 1.807) is 4.90 Å². The number of nitrogens with zero attached hydrogens (tertiary/aromatic N) is 3. The number of carbonyl (C=O) groups is 6. The van der Waals surface area contributed by atoms with Gasteiger partial charge >= 0.3 is 6.03 Å². The number of rotatable bonds is 17. The fraction of sp³-hybridized carbons (Fsp3) is 0.707. The van der Waals surface area contributed by atoms with Crippen LogP contribution in [-0.4, -0.2) is 111 Å². The molecular weight excluding hydrogens is 702 g/mol. The lowest BCUT2D eigenvalue weighted by Crippen LogP contribution is -2.60. The predicted molar refractivity (Wildman–Crippen MR) is 209 cm³/mol. The number of amides is 7. The van der Waals surface area contributed by atoms with Gasteiger partial charge in [0.05, 0.1) is 12.0 Å². The van der Waals surface area contributed by atoms with E-state index in [9.17, 15) is 33.9 Å². The highest BCUT2D eigenvalue weighted by molar-refractivity contribution is 5.96. The molecule has 3 heterocycles. The van der Waals surface area contributed by atoms with Crippen molar-refractivity contribution >= 4 is 35.6 Å². The highest BCUT2D eigenvalue weighted by atomic mass is 16.3. The first kappa shape index (κ1) is 43.5. The van der Waals surface area contributed by atoms with Crippen LogP contribution in [0.5, 0.6) is 0 Å². The van der Waals surface area contributed by atoms with Gasteiger partial charge in [0.1, 0.15) is 24.2 Å². The second-order valence-electron chi connectivity index (χ2n) is 16.6. The van der Waals surface area contributed by atoms with E-state index in [0.29, 0.717) is 71.1 Å². The van der Waals surface area contributed by atoms with E-state index in [1.165, 1.54) is 9.80 Å². The van der Waals surface area contributed by atoms with Crippen LogP contribution < -0.4 is 21.7 Å². The van der Waals surface area contributed by atoms with Crippen LogP contribution in [-0.2, 0) is 30.5 Å². The van der Waals surface area contributed by atoms with Crippen molar-refractivity contribution in [3.63, 3.8) is 0 Å². The fourth-order valence-electron chi connectivity index (χ4n) is 8.32. The van der Waals surface area contributed by atoms with Gasteiger partial charge in [0.25, 0.3) is 0 Å². The van der Waals surface area contributed by atoms with Gasteiger partial charge in [-0.1, -0.05) is 78.3 Å². The molecule has 1 aromatic rings. The molecule has 0 spiro atoms. The Kier molecular flexibility index (Phi) is 15.9. The van der Waals surface area contributed by atoms with Gasteiger partial charge in [0.15, 0.2) is 0 Å². The zero-order valence-electron chi connectivity index (χ0n) is 33.7. The van der Waals surface area contributed by atoms with Crippen molar-refractivity contribution in [3.05, 3.63) is 35.9 Å². The summed E-state index contributed by atoms with van der Waals surface area (Å²) in [7, 11) is 0. The topological polar surface area (TPSA) is 194 Å². The lowest BCUT2D eigenvalue weighted by molar-refractivity contribution is -0.148. The number of nitrogens with two attached hydrogens (primary N) is 1. The standard InChI is InChI=1S/C41H65N7O7/c1-7-27(6)35(38(52)44-34(26(4)5)40(54)48-21-13-18-32(48)39(53)47-20-12-17-31(47)36(42)50)45-37(51)30(22-25(2)3)33(49)23-29-16-11-19-46(29)41(55)43-24-28-14-9-8-10-15-28/h8-10,14-15,25-27,29-35,49H,7,11-13,16-24H2,1-6H3,(H2,42,50)(H,43,55)(H,44,52)(H,45,51)/t27-,29-,30-,31-,32-,33+,34-,35-/m1/s1. The number of primary amides is 1. The lowest BCUT2D eigenvalue weighted by Gasteiger charge is -2.35. The highest BCUT2D eigenvalue weighted by Gasteiger charge is 2.44. The summed E-state index contributed by atoms with van der Waals surface area (Å²) in [5, 5.41) is 20.5. The number of aliphatic hydroxyl groups is 1. The molecule has 3 saturated heterocycles. The maximum Gasteiger partial charge on any atom is 0.317 e. The highest BCUT2D eigenvalue weighted by Crippen LogP contribution is 2.28. The van der Waals surface area contributed by atoms with Crippen molar-refractivity contribution in [1.82, 2.24) is 30.7 Å². The van der Waals surface area contributed by atoms with Crippen LogP contribution in [0.1, 0.15) is 105 Å². The summed E-state index contributed by atoms with van der Waals surface area (Å²) in [6.45, 7) is 13.0. The summed E-state index contributed by atoms with van der Waals surface area (Å²) in [5.74, 6) is -3.61. The normalized spacial score (nSPS) is 22.6. The molecule has 3 fully saturated rings. The molecule has 14 nitrogen and oxygen atoms in total. The first-order valence-electron chi connectivity index (χ1n) is 20.4. The Hall–Kier alpha value is -4.20. The van der Waals surface area contributed by atoms with Gasteiger partial charge in [-0.05, 0) is 74.7 Å². The molecule has 0 radical (unpaired) electrons. The lowest BCUT2D eigenvalue weighted by atomic mass is 9.86. The zero-order valence-corrected chi connectivity index (χ0v) is 33.7. The first-order chi connectivity index (χ1) is 26.1. The SMILES string of the molecule is CC[C@@H](C)[C@@H](NC(=O)[C@H](CC(C)C)[C@@H](O)C[C@H]1CCCN1C(=O)NCc1ccccc1)C(=O)N[C@@H](C(=O)N1CCC[C@@H]1C(=O)N1CCC[C@@H]1C(N)=O)C(C)C. The molecule has 0 aromatic heterocycles. The van der Waals surface area contributed by atoms with Crippen LogP contribution in [0.15, 0.2) is 30.3 Å². The number of hydrogen-bond acceptors (Lipinski definition) is 7. The summed E-state index contributed by atoms with van der Waals surface area (Å²) in [4.78, 5) is 85.9. The molecule has 7 amide bonds. The third kappa shape index (κ3) is 11.2. The summed E-state index contributed by atoms with van der Waals surface area (Å²) in [6.07, 6.45) is 3.82. The predicted octanol–water partition coefficient (Wildman–Crippen LogP) is 2.91. The maximum atomic E-state index is 14.1. The summed E-state index contributed by atoms with van der Waals surface area (Å²) >= 11 is 0. The van der Waals surface area contributed by atoms with E-state index in [0.717, 1.165) is 12.0 Å². The minimum Gasteiger partial charge on any atom is -0.392 e. The smallest absolute Gasteiger partial charge is 0.317 e. The van der Waals surface area contributed by atoms with Crippen LogP contribution in [0, 0.1) is 23.7 Å². The molecule has 0 bridgehead atoms. The van der Waals surface area contributed by atoms with Gasteiger partial charge in [0, 0.05) is 32.2 Å². The van der Waals surface area contributed by atoms with Gasteiger partial charge in [-0.2, -0.15) is 0 Å². The Morgan fingerprint density at radius 3 is 2.02 bits per heavy atom. The zero-order chi connectivity index (χ0) is 40.4. The molecule has 306 valence electrons. The molecule has 3 aliphatic rings. The average Bonchev–Trinajstić information content (AvgIpc) is 3.95. The number of benzene rings is 1. The van der Waals surface area contributed by atoms with Crippen molar-refractivity contribution in [2.24, 2.45) is 29.4 Å². The van der Waals surface area contributed by atoms with Crippen molar-refractivity contribution in [2.45, 2.75) is 142 Å². The number of carbonyl (C=O) groups excluding carboxylic acids is 6. The van der Waals surface area contributed by atoms with Crippen LogP contribution in [0.2, 0.25) is 0 Å². The molecule has 6 N–H and O–H groups in total. The number of aliphatic hydroxyl groups excluding tert-OH is 1. The summed E-state index contributed by atoms with van der Waals surface area (Å²) in [5.41, 5.74) is 6.56. The minimum absolute atomic E-state index is 0.0630. The van der Waals surface area contributed by atoms with Crippen molar-refractivity contribution < 1.29 is 33.9 Å². The number of likely N-dealkylation sites (tertiary alicyclic amines) is 3. The van der Waals surface area contributed by atoms with E-state index < -0.39 is 53.9 Å². The molecule has 0 aliphatic carbocycles. The molecule has 0 unspecified atom stereocenters. The van der Waals surface area contributed by atoms with E-state index in [-0.39, 0.29) is 48.1 Å².